The molecule has 2 heteroatoms. The van der Waals surface area contributed by atoms with Gasteiger partial charge in [0.1, 0.15) is 0 Å². The smallest absolute Gasteiger partial charge is 0.0503 e. The Balaban J connectivity index is 2.20. The highest BCUT2D eigenvalue weighted by Crippen LogP contribution is 2.41. The first-order chi connectivity index (χ1) is 4.83. The van der Waals surface area contributed by atoms with Crippen molar-refractivity contribution in [3.63, 3.8) is 0 Å². The molecule has 0 unspecified atom stereocenters. The zero-order chi connectivity index (χ0) is 7.45. The summed E-state index contributed by atoms with van der Waals surface area (Å²) in [5.74, 6) is 2.37. The van der Waals surface area contributed by atoms with E-state index in [0.29, 0.717) is 12.0 Å². The van der Waals surface area contributed by atoms with Crippen LogP contribution >= 0.6 is 11.8 Å². The topological polar surface area (TPSA) is 20.2 Å². The van der Waals surface area contributed by atoms with Crippen LogP contribution in [-0.2, 0) is 0 Å². The van der Waals surface area contributed by atoms with Crippen molar-refractivity contribution in [3.05, 3.63) is 0 Å². The highest BCUT2D eigenvalue weighted by molar-refractivity contribution is 8.00. The average molecular weight is 160 g/mol. The van der Waals surface area contributed by atoms with E-state index in [4.69, 9.17) is 5.11 Å². The molecule has 0 bridgehead atoms. The summed E-state index contributed by atoms with van der Waals surface area (Å²) >= 11 is 1.96. The molecular formula is C8H16OS. The van der Waals surface area contributed by atoms with Gasteiger partial charge in [-0.3, -0.25) is 0 Å². The van der Waals surface area contributed by atoms with Crippen molar-refractivity contribution in [1.82, 2.24) is 0 Å². The van der Waals surface area contributed by atoms with Crippen LogP contribution in [0.15, 0.2) is 0 Å². The van der Waals surface area contributed by atoms with E-state index in [1.54, 1.807) is 0 Å². The van der Waals surface area contributed by atoms with Crippen molar-refractivity contribution < 1.29 is 5.11 Å². The Kier molecular flexibility index (Phi) is 3.05. The van der Waals surface area contributed by atoms with Crippen molar-refractivity contribution in [3.8, 4) is 0 Å². The number of aliphatic hydroxyl groups excluding tert-OH is 1. The second-order valence-electron chi connectivity index (χ2n) is 3.25. The van der Waals surface area contributed by atoms with Gasteiger partial charge < -0.3 is 5.11 Å². The molecule has 0 aromatic heterocycles. The molecule has 0 aromatic rings. The third-order valence-corrected chi connectivity index (χ3v) is 3.85. The van der Waals surface area contributed by atoms with E-state index >= 15 is 0 Å². The van der Waals surface area contributed by atoms with Crippen LogP contribution in [0.4, 0.5) is 0 Å². The van der Waals surface area contributed by atoms with E-state index in [0.717, 1.165) is 0 Å². The summed E-state index contributed by atoms with van der Waals surface area (Å²) in [4.78, 5) is 0. The fourth-order valence-electron chi connectivity index (χ4n) is 1.26. The van der Waals surface area contributed by atoms with Crippen molar-refractivity contribution in [2.75, 3.05) is 18.1 Å². The Morgan fingerprint density at radius 3 is 2.50 bits per heavy atom. The van der Waals surface area contributed by atoms with Crippen molar-refractivity contribution in [1.29, 1.82) is 0 Å². The molecule has 1 fully saturated rings. The van der Waals surface area contributed by atoms with E-state index in [-0.39, 0.29) is 0 Å². The van der Waals surface area contributed by atoms with Gasteiger partial charge in [-0.05, 0) is 6.42 Å². The minimum Gasteiger partial charge on any atom is -0.396 e. The van der Waals surface area contributed by atoms with Crippen LogP contribution in [0.3, 0.4) is 0 Å². The average Bonchev–Trinajstić information content (AvgIpc) is 1.87. The van der Waals surface area contributed by atoms with Crippen LogP contribution in [-0.4, -0.2) is 23.2 Å². The summed E-state index contributed by atoms with van der Waals surface area (Å²) in [6, 6.07) is 0. The third kappa shape index (κ3) is 1.67. The lowest BCUT2D eigenvalue weighted by Gasteiger charge is -2.39. The molecule has 0 atom stereocenters. The number of hydrogen-bond acceptors (Lipinski definition) is 2. The molecule has 1 rings (SSSR count). The van der Waals surface area contributed by atoms with Gasteiger partial charge in [-0.2, -0.15) is 11.8 Å². The molecule has 0 radical (unpaired) electrons. The van der Waals surface area contributed by atoms with Crippen LogP contribution in [0.2, 0.25) is 0 Å². The minimum atomic E-state index is 0.334. The summed E-state index contributed by atoms with van der Waals surface area (Å²) in [6.07, 6.45) is 3.76. The predicted molar refractivity (Wildman–Crippen MR) is 46.4 cm³/mol. The van der Waals surface area contributed by atoms with Crippen LogP contribution < -0.4 is 0 Å². The van der Waals surface area contributed by atoms with Crippen molar-refractivity contribution in [2.24, 2.45) is 5.41 Å². The van der Waals surface area contributed by atoms with Gasteiger partial charge in [-0.25, -0.2) is 0 Å². The van der Waals surface area contributed by atoms with Gasteiger partial charge in [0.15, 0.2) is 0 Å². The minimum absolute atomic E-state index is 0.334. The van der Waals surface area contributed by atoms with Crippen molar-refractivity contribution in [2.45, 2.75) is 26.2 Å². The maximum absolute atomic E-state index is 9.05. The fourth-order valence-corrected chi connectivity index (χ4v) is 2.51. The Morgan fingerprint density at radius 2 is 2.20 bits per heavy atom. The molecule has 1 heterocycles. The highest BCUT2D eigenvalue weighted by atomic mass is 32.2. The second kappa shape index (κ2) is 3.63. The molecule has 1 nitrogen and oxygen atoms in total. The number of hydrogen-bond donors (Lipinski definition) is 1. The second-order valence-corrected chi connectivity index (χ2v) is 4.24. The molecule has 0 amide bonds. The first-order valence-electron chi connectivity index (χ1n) is 4.01. The highest BCUT2D eigenvalue weighted by Gasteiger charge is 2.35. The van der Waals surface area contributed by atoms with Gasteiger partial charge in [0.25, 0.3) is 0 Å². The van der Waals surface area contributed by atoms with E-state index in [1.807, 2.05) is 11.8 Å². The molecule has 1 N–H and O–H groups in total. The van der Waals surface area contributed by atoms with Gasteiger partial charge in [0.05, 0.1) is 6.61 Å². The maximum Gasteiger partial charge on any atom is 0.0503 e. The maximum atomic E-state index is 9.05. The van der Waals surface area contributed by atoms with Gasteiger partial charge >= 0.3 is 0 Å². The molecule has 10 heavy (non-hydrogen) atoms. The van der Waals surface area contributed by atoms with Crippen molar-refractivity contribution >= 4 is 11.8 Å². The summed E-state index contributed by atoms with van der Waals surface area (Å²) in [5.41, 5.74) is 0.334. The van der Waals surface area contributed by atoms with Crippen LogP contribution in [0.5, 0.6) is 0 Å². The van der Waals surface area contributed by atoms with Gasteiger partial charge in [0.2, 0.25) is 0 Å². The number of thioether (sulfide) groups is 1. The van der Waals surface area contributed by atoms with E-state index < -0.39 is 0 Å². The molecule has 1 saturated heterocycles. The molecular weight excluding hydrogens is 144 g/mol. The quantitative estimate of drug-likeness (QED) is 0.678. The SMILES string of the molecule is CCCCC1(CO)CSC1. The van der Waals surface area contributed by atoms with E-state index in [1.165, 1.54) is 30.8 Å². The lowest BCUT2D eigenvalue weighted by molar-refractivity contribution is 0.146. The largest absolute Gasteiger partial charge is 0.396 e. The summed E-state index contributed by atoms with van der Waals surface area (Å²) in [7, 11) is 0. The third-order valence-electron chi connectivity index (χ3n) is 2.21. The van der Waals surface area contributed by atoms with E-state index in [2.05, 4.69) is 6.92 Å². The lowest BCUT2D eigenvalue weighted by atomic mass is 9.87. The van der Waals surface area contributed by atoms with Crippen LogP contribution in [0.1, 0.15) is 26.2 Å². The summed E-state index contributed by atoms with van der Waals surface area (Å²) in [5, 5.41) is 9.05. The fraction of sp³-hybridized carbons (Fsp3) is 1.00. The summed E-state index contributed by atoms with van der Waals surface area (Å²) in [6.45, 7) is 2.61. The van der Waals surface area contributed by atoms with Gasteiger partial charge in [-0.15, -0.1) is 0 Å². The molecule has 60 valence electrons. The Labute approximate surface area is 67.2 Å². The van der Waals surface area contributed by atoms with Crippen LogP contribution in [0, 0.1) is 5.41 Å². The first-order valence-corrected chi connectivity index (χ1v) is 5.17. The van der Waals surface area contributed by atoms with Gasteiger partial charge in [0, 0.05) is 16.9 Å². The van der Waals surface area contributed by atoms with Gasteiger partial charge in [-0.1, -0.05) is 19.8 Å². The normalized spacial score (nSPS) is 22.2. The Hall–Kier alpha value is 0.310. The predicted octanol–water partition coefficient (Wildman–Crippen LogP) is 1.90. The zero-order valence-corrected chi connectivity index (χ0v) is 7.41. The standard InChI is InChI=1S/C8H16OS/c1-2-3-4-8(5-9)6-10-7-8/h9H,2-7H2,1H3. The number of unbranched alkanes of at least 4 members (excludes halogenated alkanes) is 1. The monoisotopic (exact) mass is 160 g/mol. The number of rotatable bonds is 4. The summed E-state index contributed by atoms with van der Waals surface area (Å²) < 4.78 is 0. The molecule has 0 aromatic carbocycles. The lowest BCUT2D eigenvalue weighted by Crippen LogP contribution is -2.39. The number of aliphatic hydroxyl groups is 1. The Bertz CT molecular complexity index is 93.9. The van der Waals surface area contributed by atoms with E-state index in [9.17, 15) is 0 Å². The van der Waals surface area contributed by atoms with Crippen LogP contribution in [0.25, 0.3) is 0 Å². The first kappa shape index (κ1) is 8.41. The molecule has 1 aliphatic rings. The molecule has 0 saturated carbocycles. The molecule has 1 aliphatic heterocycles. The molecule has 0 spiro atoms. The zero-order valence-electron chi connectivity index (χ0n) is 6.60. The Morgan fingerprint density at radius 1 is 1.50 bits per heavy atom. The molecule has 0 aliphatic carbocycles.